The molecule has 1 aromatic rings. The number of methoxy groups -OCH3 is 1. The van der Waals surface area contributed by atoms with Crippen LogP contribution in [0, 0.1) is 0 Å². The van der Waals surface area contributed by atoms with Crippen molar-refractivity contribution in [2.24, 2.45) is 0 Å². The average Bonchev–Trinajstić information content (AvgIpc) is 2.33. The van der Waals surface area contributed by atoms with Crippen LogP contribution < -0.4 is 5.32 Å². The number of halogens is 1. The molecule has 1 atom stereocenters. The third kappa shape index (κ3) is 3.89. The van der Waals surface area contributed by atoms with Crippen LogP contribution in [0.3, 0.4) is 0 Å². The average molecular weight is 272 g/mol. The molecule has 18 heavy (non-hydrogen) atoms. The molecule has 0 heterocycles. The number of ether oxygens (including phenoxy) is 2. The molecule has 1 N–H and O–H groups in total. The molecule has 0 aliphatic carbocycles. The predicted octanol–water partition coefficient (Wildman–Crippen LogP) is 2.72. The Hall–Kier alpha value is -1.26. The minimum absolute atomic E-state index is 0.217. The first-order chi connectivity index (χ1) is 8.51. The van der Waals surface area contributed by atoms with Crippen LogP contribution in [0.25, 0.3) is 0 Å². The molecular weight excluding hydrogens is 254 g/mol. The molecule has 1 aromatic carbocycles. The first kappa shape index (κ1) is 14.8. The van der Waals surface area contributed by atoms with Crippen molar-refractivity contribution >= 4 is 23.3 Å². The molecule has 0 aliphatic heterocycles. The molecule has 0 bridgehead atoms. The number of anilines is 1. The van der Waals surface area contributed by atoms with Gasteiger partial charge < -0.3 is 14.8 Å². The van der Waals surface area contributed by atoms with Crippen molar-refractivity contribution in [3.8, 4) is 0 Å². The van der Waals surface area contributed by atoms with Crippen LogP contribution in [-0.4, -0.2) is 31.8 Å². The van der Waals surface area contributed by atoms with Gasteiger partial charge in [-0.3, -0.25) is 0 Å². The molecule has 1 unspecified atom stereocenters. The van der Waals surface area contributed by atoms with E-state index in [-0.39, 0.29) is 12.6 Å². The van der Waals surface area contributed by atoms with Crippen molar-refractivity contribution in [2.45, 2.75) is 19.4 Å². The number of carbonyl (C=O) groups is 1. The number of nitrogens with one attached hydrogen (secondary N) is 1. The molecular formula is C13H18ClNO3. The highest BCUT2D eigenvalue weighted by Crippen LogP contribution is 2.19. The molecule has 0 radical (unpaired) electrons. The van der Waals surface area contributed by atoms with Crippen LogP contribution in [-0.2, 0) is 14.3 Å². The van der Waals surface area contributed by atoms with Gasteiger partial charge in [0.15, 0.2) is 5.54 Å². The molecule has 0 aromatic heterocycles. The molecule has 100 valence electrons. The molecule has 0 saturated heterocycles. The summed E-state index contributed by atoms with van der Waals surface area (Å²) in [7, 11) is 1.54. The van der Waals surface area contributed by atoms with Gasteiger partial charge >= 0.3 is 5.97 Å². The van der Waals surface area contributed by atoms with Gasteiger partial charge in [-0.15, -0.1) is 0 Å². The molecule has 0 fully saturated rings. The van der Waals surface area contributed by atoms with E-state index in [0.717, 1.165) is 5.69 Å². The maximum atomic E-state index is 11.9. The fraction of sp³-hybridized carbons (Fsp3) is 0.462. The quantitative estimate of drug-likeness (QED) is 0.808. The minimum Gasteiger partial charge on any atom is -0.464 e. The van der Waals surface area contributed by atoms with Crippen molar-refractivity contribution in [2.75, 3.05) is 25.6 Å². The van der Waals surface area contributed by atoms with Gasteiger partial charge in [-0.25, -0.2) is 4.79 Å². The van der Waals surface area contributed by atoms with Gasteiger partial charge in [0, 0.05) is 17.8 Å². The third-order valence-electron chi connectivity index (χ3n) is 2.42. The SMILES string of the molecule is CCOC(=O)C(C)(COC)Nc1ccc(Cl)cc1. The smallest absolute Gasteiger partial charge is 0.333 e. The van der Waals surface area contributed by atoms with E-state index >= 15 is 0 Å². The fourth-order valence-corrected chi connectivity index (χ4v) is 1.70. The van der Waals surface area contributed by atoms with E-state index in [2.05, 4.69) is 5.32 Å². The van der Waals surface area contributed by atoms with Gasteiger partial charge in [0.25, 0.3) is 0 Å². The maximum Gasteiger partial charge on any atom is 0.333 e. The van der Waals surface area contributed by atoms with Crippen molar-refractivity contribution in [3.63, 3.8) is 0 Å². The maximum absolute atomic E-state index is 11.9. The summed E-state index contributed by atoms with van der Waals surface area (Å²) >= 11 is 5.81. The summed E-state index contributed by atoms with van der Waals surface area (Å²) in [6, 6.07) is 7.11. The number of rotatable bonds is 6. The first-order valence-corrected chi connectivity index (χ1v) is 6.09. The van der Waals surface area contributed by atoms with Gasteiger partial charge in [-0.1, -0.05) is 11.6 Å². The second kappa shape index (κ2) is 6.61. The highest BCUT2D eigenvalue weighted by Gasteiger charge is 2.34. The Bertz CT molecular complexity index is 394. The highest BCUT2D eigenvalue weighted by atomic mass is 35.5. The monoisotopic (exact) mass is 271 g/mol. The Kier molecular flexibility index (Phi) is 5.44. The topological polar surface area (TPSA) is 47.6 Å². The molecule has 1 rings (SSSR count). The molecule has 5 heteroatoms. The summed E-state index contributed by atoms with van der Waals surface area (Å²) in [6.07, 6.45) is 0. The van der Waals surface area contributed by atoms with Crippen molar-refractivity contribution < 1.29 is 14.3 Å². The van der Waals surface area contributed by atoms with E-state index in [0.29, 0.717) is 11.6 Å². The van der Waals surface area contributed by atoms with Crippen LogP contribution >= 0.6 is 11.6 Å². The zero-order chi connectivity index (χ0) is 13.6. The zero-order valence-corrected chi connectivity index (χ0v) is 11.6. The lowest BCUT2D eigenvalue weighted by molar-refractivity contribution is -0.149. The zero-order valence-electron chi connectivity index (χ0n) is 10.8. The summed E-state index contributed by atoms with van der Waals surface area (Å²) in [5.74, 6) is -0.346. The second-order valence-corrected chi connectivity index (χ2v) is 4.55. The van der Waals surface area contributed by atoms with E-state index in [1.54, 1.807) is 45.2 Å². The Morgan fingerprint density at radius 3 is 2.50 bits per heavy atom. The lowest BCUT2D eigenvalue weighted by Crippen LogP contribution is -2.48. The van der Waals surface area contributed by atoms with Crippen LogP contribution in [0.2, 0.25) is 5.02 Å². The van der Waals surface area contributed by atoms with E-state index < -0.39 is 5.54 Å². The highest BCUT2D eigenvalue weighted by molar-refractivity contribution is 6.30. The fourth-order valence-electron chi connectivity index (χ4n) is 1.58. The van der Waals surface area contributed by atoms with Crippen LogP contribution in [0.1, 0.15) is 13.8 Å². The van der Waals surface area contributed by atoms with Crippen LogP contribution in [0.4, 0.5) is 5.69 Å². The molecule has 0 aliphatic rings. The normalized spacial score (nSPS) is 13.8. The summed E-state index contributed by atoms with van der Waals surface area (Å²) in [5.41, 5.74) is -0.134. The van der Waals surface area contributed by atoms with E-state index in [1.165, 1.54) is 0 Å². The van der Waals surface area contributed by atoms with E-state index in [4.69, 9.17) is 21.1 Å². The number of esters is 1. The summed E-state index contributed by atoms with van der Waals surface area (Å²) in [6.45, 7) is 4.06. The minimum atomic E-state index is -0.918. The van der Waals surface area contributed by atoms with Crippen molar-refractivity contribution in [1.29, 1.82) is 0 Å². The van der Waals surface area contributed by atoms with Crippen LogP contribution in [0.15, 0.2) is 24.3 Å². The number of carbonyl (C=O) groups excluding carboxylic acids is 1. The molecule has 0 amide bonds. The predicted molar refractivity (Wildman–Crippen MR) is 72.0 cm³/mol. The molecule has 4 nitrogen and oxygen atoms in total. The van der Waals surface area contributed by atoms with Crippen molar-refractivity contribution in [1.82, 2.24) is 0 Å². The number of hydrogen-bond acceptors (Lipinski definition) is 4. The third-order valence-corrected chi connectivity index (χ3v) is 2.68. The lowest BCUT2D eigenvalue weighted by Gasteiger charge is -2.28. The largest absolute Gasteiger partial charge is 0.464 e. The Morgan fingerprint density at radius 1 is 1.39 bits per heavy atom. The van der Waals surface area contributed by atoms with Crippen LogP contribution in [0.5, 0.6) is 0 Å². The number of benzene rings is 1. The Morgan fingerprint density at radius 2 is 2.00 bits per heavy atom. The van der Waals surface area contributed by atoms with E-state index in [9.17, 15) is 4.79 Å². The summed E-state index contributed by atoms with van der Waals surface area (Å²) < 4.78 is 10.1. The van der Waals surface area contributed by atoms with Gasteiger partial charge in [0.1, 0.15) is 0 Å². The van der Waals surface area contributed by atoms with Gasteiger partial charge in [0.2, 0.25) is 0 Å². The lowest BCUT2D eigenvalue weighted by atomic mass is 10.0. The van der Waals surface area contributed by atoms with Gasteiger partial charge in [-0.05, 0) is 38.1 Å². The molecule has 0 saturated carbocycles. The first-order valence-electron chi connectivity index (χ1n) is 5.71. The second-order valence-electron chi connectivity index (χ2n) is 4.12. The Balaban J connectivity index is 2.84. The van der Waals surface area contributed by atoms with Gasteiger partial charge in [0.05, 0.1) is 13.2 Å². The standard InChI is InChI=1S/C13H18ClNO3/c1-4-18-12(16)13(2,9-17-3)15-11-7-5-10(14)6-8-11/h5-8,15H,4,9H2,1-3H3. The number of hydrogen-bond donors (Lipinski definition) is 1. The van der Waals surface area contributed by atoms with Gasteiger partial charge in [-0.2, -0.15) is 0 Å². The van der Waals surface area contributed by atoms with E-state index in [1.807, 2.05) is 0 Å². The molecule has 0 spiro atoms. The summed E-state index contributed by atoms with van der Waals surface area (Å²) in [5, 5.41) is 3.75. The summed E-state index contributed by atoms with van der Waals surface area (Å²) in [4.78, 5) is 11.9. The Labute approximate surface area is 112 Å². The van der Waals surface area contributed by atoms with Crippen molar-refractivity contribution in [3.05, 3.63) is 29.3 Å².